The molecule has 0 amide bonds. The van der Waals surface area contributed by atoms with E-state index in [-0.39, 0.29) is 0 Å². The average molecular weight is 283 g/mol. The Morgan fingerprint density at radius 1 is 1.24 bits per heavy atom. The Morgan fingerprint density at radius 2 is 2.00 bits per heavy atom. The van der Waals surface area contributed by atoms with Crippen LogP contribution in [0.25, 0.3) is 0 Å². The van der Waals surface area contributed by atoms with Crippen molar-refractivity contribution in [1.82, 2.24) is 9.78 Å². The molecule has 1 aromatic heterocycles. The molecule has 0 aliphatic heterocycles. The molecule has 1 aliphatic rings. The summed E-state index contributed by atoms with van der Waals surface area (Å²) in [6.07, 6.45) is 3.66. The molecule has 3 rings (SSSR count). The molecule has 0 saturated carbocycles. The molecule has 3 nitrogen and oxygen atoms in total. The smallest absolute Gasteiger partial charge is 0.0828 e. The zero-order valence-corrected chi connectivity index (χ0v) is 13.5. The van der Waals surface area contributed by atoms with E-state index >= 15 is 0 Å². The van der Waals surface area contributed by atoms with E-state index in [1.165, 1.54) is 41.8 Å². The van der Waals surface area contributed by atoms with Crippen LogP contribution >= 0.6 is 0 Å². The summed E-state index contributed by atoms with van der Waals surface area (Å²) in [5.41, 5.74) is 6.51. The molecule has 3 heteroatoms. The molecule has 1 aromatic carbocycles. The highest BCUT2D eigenvalue weighted by atomic mass is 15.3. The summed E-state index contributed by atoms with van der Waals surface area (Å²) < 4.78 is 2.12. The predicted molar refractivity (Wildman–Crippen MR) is 87.8 cm³/mol. The Balaban J connectivity index is 1.92. The molecule has 2 aromatic rings. The molecule has 21 heavy (non-hydrogen) atoms. The number of hydrogen-bond donors (Lipinski definition) is 1. The maximum atomic E-state index is 4.69. The Labute approximate surface area is 127 Å². The third-order valence-electron chi connectivity index (χ3n) is 4.50. The molecule has 0 bridgehead atoms. The highest BCUT2D eigenvalue weighted by Gasteiger charge is 2.22. The van der Waals surface area contributed by atoms with Gasteiger partial charge in [0.2, 0.25) is 0 Å². The molecular weight excluding hydrogens is 258 g/mol. The van der Waals surface area contributed by atoms with Gasteiger partial charge in [0.25, 0.3) is 0 Å². The van der Waals surface area contributed by atoms with Crippen molar-refractivity contribution in [3.8, 4) is 0 Å². The Morgan fingerprint density at radius 3 is 2.71 bits per heavy atom. The molecule has 112 valence electrons. The Kier molecular flexibility index (Phi) is 3.75. The monoisotopic (exact) mass is 283 g/mol. The Bertz CT molecular complexity index is 640. The Hall–Kier alpha value is -1.77. The lowest BCUT2D eigenvalue weighted by Gasteiger charge is -2.27. The third kappa shape index (κ3) is 2.57. The lowest BCUT2D eigenvalue weighted by Crippen LogP contribution is -2.18. The average Bonchev–Trinajstić information content (AvgIpc) is 2.76. The van der Waals surface area contributed by atoms with Crippen LogP contribution in [0.4, 0.5) is 5.69 Å². The molecule has 1 N–H and O–H groups in total. The topological polar surface area (TPSA) is 29.9 Å². The van der Waals surface area contributed by atoms with Gasteiger partial charge in [0.15, 0.2) is 0 Å². The first kappa shape index (κ1) is 14.2. The van der Waals surface area contributed by atoms with Crippen molar-refractivity contribution in [2.24, 2.45) is 0 Å². The van der Waals surface area contributed by atoms with Crippen molar-refractivity contribution in [2.75, 3.05) is 5.32 Å². The van der Waals surface area contributed by atoms with Gasteiger partial charge in [-0.15, -0.1) is 0 Å². The van der Waals surface area contributed by atoms with Crippen LogP contribution in [0.2, 0.25) is 0 Å². The minimum absolute atomic E-state index is 0.401. The van der Waals surface area contributed by atoms with Gasteiger partial charge in [0.1, 0.15) is 0 Å². The number of rotatable bonds is 3. The molecule has 1 atom stereocenters. The van der Waals surface area contributed by atoms with Gasteiger partial charge in [-0.2, -0.15) is 5.10 Å². The van der Waals surface area contributed by atoms with Crippen LogP contribution in [0.3, 0.4) is 0 Å². The molecule has 0 saturated heterocycles. The number of nitrogens with one attached hydrogen (secondary N) is 1. The summed E-state index contributed by atoms with van der Waals surface area (Å²) >= 11 is 0. The van der Waals surface area contributed by atoms with Gasteiger partial charge < -0.3 is 5.32 Å². The number of fused-ring (bicyclic) bond motifs is 1. The van der Waals surface area contributed by atoms with Crippen molar-refractivity contribution in [3.05, 3.63) is 46.8 Å². The zero-order valence-electron chi connectivity index (χ0n) is 13.5. The van der Waals surface area contributed by atoms with E-state index in [0.29, 0.717) is 12.1 Å². The van der Waals surface area contributed by atoms with Gasteiger partial charge in [0, 0.05) is 6.04 Å². The first-order valence-electron chi connectivity index (χ1n) is 7.98. The van der Waals surface area contributed by atoms with E-state index in [1.54, 1.807) is 0 Å². The first-order valence-corrected chi connectivity index (χ1v) is 7.98. The SMILES string of the molecule is Cc1nn(C(C)C)c(C)c1NC1CCCc2ccccc21. The van der Waals surface area contributed by atoms with Gasteiger partial charge >= 0.3 is 0 Å². The molecule has 0 spiro atoms. The summed E-state index contributed by atoms with van der Waals surface area (Å²) in [6.45, 7) is 8.62. The van der Waals surface area contributed by atoms with Crippen LogP contribution in [0.5, 0.6) is 0 Å². The number of anilines is 1. The molecule has 0 fully saturated rings. The van der Waals surface area contributed by atoms with E-state index in [1.807, 2.05) is 0 Å². The van der Waals surface area contributed by atoms with Crippen LogP contribution in [-0.4, -0.2) is 9.78 Å². The summed E-state index contributed by atoms with van der Waals surface area (Å²) in [4.78, 5) is 0. The van der Waals surface area contributed by atoms with Crippen molar-refractivity contribution in [1.29, 1.82) is 0 Å². The van der Waals surface area contributed by atoms with Crippen molar-refractivity contribution >= 4 is 5.69 Å². The summed E-state index contributed by atoms with van der Waals surface area (Å²) in [7, 11) is 0. The number of hydrogen-bond acceptors (Lipinski definition) is 2. The molecular formula is C18H25N3. The van der Waals surface area contributed by atoms with Gasteiger partial charge in [0.05, 0.1) is 23.1 Å². The van der Waals surface area contributed by atoms with Crippen LogP contribution in [0.15, 0.2) is 24.3 Å². The van der Waals surface area contributed by atoms with Crippen LogP contribution < -0.4 is 5.32 Å². The summed E-state index contributed by atoms with van der Waals surface area (Å²) in [5, 5.41) is 8.45. The van der Waals surface area contributed by atoms with Crippen LogP contribution in [0.1, 0.15) is 61.3 Å². The van der Waals surface area contributed by atoms with E-state index in [9.17, 15) is 0 Å². The normalized spacial score (nSPS) is 17.9. The number of aromatic nitrogens is 2. The zero-order chi connectivity index (χ0) is 15.0. The molecule has 0 radical (unpaired) electrons. The minimum Gasteiger partial charge on any atom is -0.375 e. The lowest BCUT2D eigenvalue weighted by atomic mass is 9.87. The fourth-order valence-corrected chi connectivity index (χ4v) is 3.45. The second kappa shape index (κ2) is 5.55. The van der Waals surface area contributed by atoms with E-state index in [4.69, 9.17) is 0 Å². The van der Waals surface area contributed by atoms with Crippen LogP contribution in [-0.2, 0) is 6.42 Å². The van der Waals surface area contributed by atoms with Gasteiger partial charge in [-0.1, -0.05) is 24.3 Å². The van der Waals surface area contributed by atoms with E-state index in [0.717, 1.165) is 5.69 Å². The maximum Gasteiger partial charge on any atom is 0.0828 e. The fraction of sp³-hybridized carbons (Fsp3) is 0.500. The fourth-order valence-electron chi connectivity index (χ4n) is 3.45. The highest BCUT2D eigenvalue weighted by molar-refractivity contribution is 5.54. The first-order chi connectivity index (χ1) is 10.1. The van der Waals surface area contributed by atoms with Crippen molar-refractivity contribution in [3.63, 3.8) is 0 Å². The standard InChI is InChI=1S/C18H25N3/c1-12(2)21-14(4)18(13(3)20-21)19-17-11-7-9-15-8-5-6-10-16(15)17/h5-6,8,10,12,17,19H,7,9,11H2,1-4H3. The molecule has 1 heterocycles. The second-order valence-electron chi connectivity index (χ2n) is 6.37. The van der Waals surface area contributed by atoms with Gasteiger partial charge in [-0.05, 0) is 58.1 Å². The third-order valence-corrected chi connectivity index (χ3v) is 4.50. The summed E-state index contributed by atoms with van der Waals surface area (Å²) in [5.74, 6) is 0. The number of aryl methyl sites for hydroxylation is 2. The predicted octanol–water partition coefficient (Wildman–Crippen LogP) is 4.57. The second-order valence-corrected chi connectivity index (χ2v) is 6.37. The lowest BCUT2D eigenvalue weighted by molar-refractivity contribution is 0.516. The quantitative estimate of drug-likeness (QED) is 0.894. The largest absolute Gasteiger partial charge is 0.375 e. The summed E-state index contributed by atoms with van der Waals surface area (Å²) in [6, 6.07) is 9.64. The number of benzene rings is 1. The number of nitrogens with zero attached hydrogens (tertiary/aromatic N) is 2. The highest BCUT2D eigenvalue weighted by Crippen LogP contribution is 2.34. The molecule has 1 unspecified atom stereocenters. The maximum absolute atomic E-state index is 4.69. The van der Waals surface area contributed by atoms with Gasteiger partial charge in [-0.25, -0.2) is 0 Å². The van der Waals surface area contributed by atoms with Crippen molar-refractivity contribution in [2.45, 2.75) is 59.0 Å². The van der Waals surface area contributed by atoms with Crippen molar-refractivity contribution < 1.29 is 0 Å². The van der Waals surface area contributed by atoms with E-state index in [2.05, 4.69) is 67.1 Å². The van der Waals surface area contributed by atoms with E-state index < -0.39 is 0 Å². The van der Waals surface area contributed by atoms with Crippen LogP contribution in [0, 0.1) is 13.8 Å². The molecule has 1 aliphatic carbocycles. The minimum atomic E-state index is 0.401. The van der Waals surface area contributed by atoms with Gasteiger partial charge in [-0.3, -0.25) is 4.68 Å².